The van der Waals surface area contributed by atoms with E-state index in [-0.39, 0.29) is 5.56 Å². The third-order valence-electron chi connectivity index (χ3n) is 8.14. The molecule has 4 aromatic rings. The monoisotopic (exact) mass is 542 g/mol. The molecule has 0 spiro atoms. The number of carboxylic acid groups (broad SMARTS) is 1. The number of hydrogen-bond acceptors (Lipinski definition) is 9. The summed E-state index contributed by atoms with van der Waals surface area (Å²) in [6.07, 6.45) is 11.9. The van der Waals surface area contributed by atoms with Gasteiger partial charge in [-0.3, -0.25) is 4.98 Å². The number of nitrogens with one attached hydrogen (secondary N) is 1. The van der Waals surface area contributed by atoms with Crippen molar-refractivity contribution in [3.63, 3.8) is 0 Å². The van der Waals surface area contributed by atoms with E-state index in [1.54, 1.807) is 31.3 Å². The predicted molar refractivity (Wildman–Crippen MR) is 150 cm³/mol. The van der Waals surface area contributed by atoms with Gasteiger partial charge in [-0.1, -0.05) is 30.1 Å². The SMILES string of the molecule is Cc1nc(-c2ccc(N3CCC[C@H](C[C@@H]4CCCC[C@H]4Nc4ncc(-c5cccc(C(=O)O)c5)o4)C3)cn2)no1. The lowest BCUT2D eigenvalue weighted by Crippen LogP contribution is -2.39. The fourth-order valence-corrected chi connectivity index (χ4v) is 6.15. The number of oxazole rings is 1. The first-order chi connectivity index (χ1) is 19.5. The summed E-state index contributed by atoms with van der Waals surface area (Å²) in [4.78, 5) is 27.1. The van der Waals surface area contributed by atoms with Gasteiger partial charge in [0.2, 0.25) is 11.7 Å². The molecule has 10 nitrogen and oxygen atoms in total. The summed E-state index contributed by atoms with van der Waals surface area (Å²) < 4.78 is 11.1. The van der Waals surface area contributed by atoms with E-state index in [2.05, 4.69) is 36.4 Å². The van der Waals surface area contributed by atoms with E-state index in [0.717, 1.165) is 37.3 Å². The van der Waals surface area contributed by atoms with Gasteiger partial charge in [-0.25, -0.2) is 9.78 Å². The second kappa shape index (κ2) is 11.5. The van der Waals surface area contributed by atoms with Crippen molar-refractivity contribution < 1.29 is 18.8 Å². The largest absolute Gasteiger partial charge is 0.478 e. The van der Waals surface area contributed by atoms with Crippen molar-refractivity contribution in [1.82, 2.24) is 20.1 Å². The molecule has 0 unspecified atom stereocenters. The van der Waals surface area contributed by atoms with Gasteiger partial charge in [-0.15, -0.1) is 0 Å². The van der Waals surface area contributed by atoms with Crippen LogP contribution in [0.2, 0.25) is 0 Å². The third kappa shape index (κ3) is 5.85. The second-order valence-electron chi connectivity index (χ2n) is 10.9. The number of carbonyl (C=O) groups is 1. The molecule has 2 N–H and O–H groups in total. The number of carboxylic acids is 1. The van der Waals surface area contributed by atoms with Gasteiger partial charge in [0.15, 0.2) is 5.76 Å². The predicted octanol–water partition coefficient (Wildman–Crippen LogP) is 6.07. The molecule has 0 radical (unpaired) electrons. The molecule has 6 rings (SSSR count). The Morgan fingerprint density at radius 1 is 1.10 bits per heavy atom. The first-order valence-electron chi connectivity index (χ1n) is 14.1. The van der Waals surface area contributed by atoms with Crippen LogP contribution in [0.1, 0.15) is 61.2 Å². The lowest BCUT2D eigenvalue weighted by atomic mass is 9.77. The highest BCUT2D eigenvalue weighted by atomic mass is 16.5. The maximum atomic E-state index is 11.3. The van der Waals surface area contributed by atoms with Gasteiger partial charge in [-0.2, -0.15) is 4.98 Å². The Kier molecular flexibility index (Phi) is 7.48. The van der Waals surface area contributed by atoms with Gasteiger partial charge >= 0.3 is 5.97 Å². The minimum Gasteiger partial charge on any atom is -0.478 e. The van der Waals surface area contributed by atoms with Crippen LogP contribution in [0.4, 0.5) is 11.7 Å². The Hall–Kier alpha value is -4.21. The number of piperidine rings is 1. The zero-order chi connectivity index (χ0) is 27.5. The summed E-state index contributed by atoms with van der Waals surface area (Å²) in [6.45, 7) is 3.83. The normalized spacial score (nSPS) is 21.3. The standard InChI is InChI=1S/C30H34N6O4/c1-19-33-28(35-40-19)26-12-11-24(16-31-26)36-13-5-6-20(18-36)14-21-7-2-3-10-25(21)34-30-32-17-27(39-30)22-8-4-9-23(15-22)29(37)38/h4,8-9,11-12,15-17,20-21,25H,2-3,5-7,10,13-14,18H2,1H3,(H,32,34)(H,37,38)/t20-,21+,25-/m1/s1. The lowest BCUT2D eigenvalue weighted by Gasteiger charge is -2.39. The first kappa shape index (κ1) is 26.0. The van der Waals surface area contributed by atoms with Crippen LogP contribution in [-0.4, -0.2) is 50.3 Å². The number of pyridine rings is 1. The quantitative estimate of drug-likeness (QED) is 0.270. The molecule has 1 aromatic carbocycles. The van der Waals surface area contributed by atoms with Crippen LogP contribution in [0.15, 0.2) is 57.7 Å². The molecule has 40 heavy (non-hydrogen) atoms. The summed E-state index contributed by atoms with van der Waals surface area (Å²) in [6, 6.07) is 11.6. The van der Waals surface area contributed by atoms with Crippen LogP contribution in [0.5, 0.6) is 0 Å². The zero-order valence-corrected chi connectivity index (χ0v) is 22.6. The number of benzene rings is 1. The maximum Gasteiger partial charge on any atom is 0.335 e. The molecule has 1 aliphatic carbocycles. The number of aromatic nitrogens is 4. The number of nitrogens with zero attached hydrogens (tertiary/aromatic N) is 5. The lowest BCUT2D eigenvalue weighted by molar-refractivity contribution is 0.0697. The highest BCUT2D eigenvalue weighted by Crippen LogP contribution is 2.36. The average molecular weight is 543 g/mol. The van der Waals surface area contributed by atoms with Gasteiger partial charge in [0.1, 0.15) is 5.69 Å². The number of anilines is 2. The molecule has 3 aromatic heterocycles. The van der Waals surface area contributed by atoms with Crippen LogP contribution in [0.25, 0.3) is 22.8 Å². The summed E-state index contributed by atoms with van der Waals surface area (Å²) >= 11 is 0. The van der Waals surface area contributed by atoms with Crippen LogP contribution in [-0.2, 0) is 0 Å². The Balaban J connectivity index is 1.08. The fourth-order valence-electron chi connectivity index (χ4n) is 6.15. The molecule has 3 atom stereocenters. The van der Waals surface area contributed by atoms with Crippen LogP contribution in [0.3, 0.4) is 0 Å². The van der Waals surface area contributed by atoms with Crippen molar-refractivity contribution in [3.05, 3.63) is 60.2 Å². The van der Waals surface area contributed by atoms with Gasteiger partial charge < -0.3 is 24.3 Å². The van der Waals surface area contributed by atoms with Gasteiger partial charge in [0.05, 0.1) is 23.6 Å². The van der Waals surface area contributed by atoms with E-state index < -0.39 is 5.97 Å². The van der Waals surface area contributed by atoms with Crippen LogP contribution >= 0.6 is 0 Å². The van der Waals surface area contributed by atoms with Gasteiger partial charge in [0.25, 0.3) is 6.01 Å². The molecule has 10 heteroatoms. The summed E-state index contributed by atoms with van der Waals surface area (Å²) in [5, 5.41) is 16.9. The Labute approximate surface area is 232 Å². The molecular weight excluding hydrogens is 508 g/mol. The van der Waals surface area contributed by atoms with Gasteiger partial charge in [0, 0.05) is 31.6 Å². The van der Waals surface area contributed by atoms with Crippen LogP contribution < -0.4 is 10.2 Å². The smallest absolute Gasteiger partial charge is 0.335 e. The van der Waals surface area contributed by atoms with Crippen molar-refractivity contribution >= 4 is 17.7 Å². The third-order valence-corrected chi connectivity index (χ3v) is 8.14. The summed E-state index contributed by atoms with van der Waals surface area (Å²) in [7, 11) is 0. The molecule has 4 heterocycles. The molecule has 0 bridgehead atoms. The Morgan fingerprint density at radius 2 is 2.00 bits per heavy atom. The molecule has 2 aliphatic rings. The zero-order valence-electron chi connectivity index (χ0n) is 22.6. The second-order valence-corrected chi connectivity index (χ2v) is 10.9. The van der Waals surface area contributed by atoms with E-state index >= 15 is 0 Å². The molecule has 1 aliphatic heterocycles. The van der Waals surface area contributed by atoms with E-state index in [0.29, 0.717) is 46.9 Å². The highest BCUT2D eigenvalue weighted by molar-refractivity contribution is 5.89. The van der Waals surface area contributed by atoms with Crippen molar-refractivity contribution in [2.75, 3.05) is 23.3 Å². The average Bonchev–Trinajstić information content (AvgIpc) is 3.64. The number of aryl methyl sites for hydroxylation is 1. The minimum absolute atomic E-state index is 0.228. The summed E-state index contributed by atoms with van der Waals surface area (Å²) in [5.74, 6) is 1.81. The van der Waals surface area contributed by atoms with Crippen molar-refractivity contribution in [2.45, 2.75) is 57.9 Å². The first-order valence-corrected chi connectivity index (χ1v) is 14.1. The molecule has 1 saturated heterocycles. The van der Waals surface area contributed by atoms with Crippen molar-refractivity contribution in [1.29, 1.82) is 0 Å². The van der Waals surface area contributed by atoms with E-state index in [9.17, 15) is 9.90 Å². The van der Waals surface area contributed by atoms with Crippen molar-refractivity contribution in [2.24, 2.45) is 11.8 Å². The molecule has 2 fully saturated rings. The van der Waals surface area contributed by atoms with Gasteiger partial charge in [-0.05, 0) is 68.2 Å². The fraction of sp³-hybridized carbons (Fsp3) is 0.433. The number of hydrogen-bond donors (Lipinski definition) is 2. The molecular formula is C30H34N6O4. The van der Waals surface area contributed by atoms with Crippen LogP contribution in [0, 0.1) is 18.8 Å². The Bertz CT molecular complexity index is 1450. The minimum atomic E-state index is -0.960. The van der Waals surface area contributed by atoms with E-state index in [1.165, 1.54) is 32.1 Å². The van der Waals surface area contributed by atoms with E-state index in [4.69, 9.17) is 8.94 Å². The van der Waals surface area contributed by atoms with Crippen molar-refractivity contribution in [3.8, 4) is 22.8 Å². The number of aromatic carboxylic acids is 1. The topological polar surface area (TPSA) is 130 Å². The molecule has 208 valence electrons. The molecule has 1 saturated carbocycles. The Morgan fingerprint density at radius 3 is 2.80 bits per heavy atom. The maximum absolute atomic E-state index is 11.3. The summed E-state index contributed by atoms with van der Waals surface area (Å²) in [5.41, 5.74) is 2.78. The highest BCUT2D eigenvalue weighted by Gasteiger charge is 2.31. The molecule has 0 amide bonds. The van der Waals surface area contributed by atoms with E-state index in [1.807, 2.05) is 18.3 Å². The number of rotatable bonds is 8.